The molecule has 28 heavy (non-hydrogen) atoms. The Bertz CT molecular complexity index is 898. The number of benzene rings is 2. The molecule has 3 rings (SSSR count). The van der Waals surface area contributed by atoms with E-state index in [2.05, 4.69) is 29.2 Å². The van der Waals surface area contributed by atoms with Gasteiger partial charge in [0.15, 0.2) is 5.69 Å². The average Bonchev–Trinajstić information content (AvgIpc) is 2.69. The van der Waals surface area contributed by atoms with E-state index < -0.39 is 15.0 Å². The van der Waals surface area contributed by atoms with E-state index in [1.807, 2.05) is 69.3 Å². The highest BCUT2D eigenvalue weighted by Gasteiger charge is 2.22. The highest BCUT2D eigenvalue weighted by atomic mass is 28.3. The predicted octanol–water partition coefficient (Wildman–Crippen LogP) is 3.13. The number of rotatable bonds is 6. The second-order valence-corrected chi connectivity index (χ2v) is 10.2. The standard InChI is InChI=1S/C23H25NO3Si/c1-23(2,3)20-15-14-17(21(24-20)22(25)26)16-27-28(18-10-6-4-7-11-18)19-12-8-5-9-13-19/h4-15,28H,16H2,1-3H3,(H,25,26). The second-order valence-electron chi connectivity index (χ2n) is 7.77. The molecule has 5 heteroatoms. The van der Waals surface area contributed by atoms with Crippen molar-refractivity contribution >= 4 is 25.4 Å². The zero-order chi connectivity index (χ0) is 20.1. The Hall–Kier alpha value is -2.76. The molecule has 1 aromatic heterocycles. The van der Waals surface area contributed by atoms with E-state index in [0.29, 0.717) is 5.56 Å². The Morgan fingerprint density at radius 3 is 1.93 bits per heavy atom. The van der Waals surface area contributed by atoms with Gasteiger partial charge in [-0.15, -0.1) is 0 Å². The number of aromatic carboxylic acids is 1. The minimum Gasteiger partial charge on any atom is -0.477 e. The molecule has 144 valence electrons. The van der Waals surface area contributed by atoms with Crippen molar-refractivity contribution in [2.45, 2.75) is 32.8 Å². The molecule has 0 aliphatic heterocycles. The van der Waals surface area contributed by atoms with Gasteiger partial charge in [0.1, 0.15) is 0 Å². The molecule has 0 spiro atoms. The first-order valence-corrected chi connectivity index (χ1v) is 10.9. The Balaban J connectivity index is 1.91. The van der Waals surface area contributed by atoms with Gasteiger partial charge in [-0.25, -0.2) is 9.78 Å². The van der Waals surface area contributed by atoms with Crippen LogP contribution >= 0.6 is 0 Å². The Morgan fingerprint density at radius 2 is 1.46 bits per heavy atom. The predicted molar refractivity (Wildman–Crippen MR) is 114 cm³/mol. The minimum atomic E-state index is -1.94. The molecule has 4 nitrogen and oxygen atoms in total. The molecular weight excluding hydrogens is 366 g/mol. The molecular formula is C23H25NO3Si. The molecule has 0 saturated carbocycles. The van der Waals surface area contributed by atoms with Crippen LogP contribution in [-0.2, 0) is 16.4 Å². The van der Waals surface area contributed by atoms with Crippen molar-refractivity contribution < 1.29 is 14.3 Å². The first-order valence-electron chi connectivity index (χ1n) is 9.31. The summed E-state index contributed by atoms with van der Waals surface area (Å²) in [6, 6.07) is 24.0. The Labute approximate surface area is 167 Å². The van der Waals surface area contributed by atoms with Crippen LogP contribution in [0.5, 0.6) is 0 Å². The molecule has 0 fully saturated rings. The number of carboxylic acid groups (broad SMARTS) is 1. The summed E-state index contributed by atoms with van der Waals surface area (Å²) in [5.74, 6) is -1.03. The number of nitrogens with zero attached hydrogens (tertiary/aromatic N) is 1. The maximum absolute atomic E-state index is 11.8. The van der Waals surface area contributed by atoms with E-state index >= 15 is 0 Å². The van der Waals surface area contributed by atoms with Gasteiger partial charge in [-0.3, -0.25) is 0 Å². The van der Waals surface area contributed by atoms with Gasteiger partial charge >= 0.3 is 5.97 Å². The van der Waals surface area contributed by atoms with E-state index in [4.69, 9.17) is 4.43 Å². The fourth-order valence-electron chi connectivity index (χ4n) is 3.02. The summed E-state index contributed by atoms with van der Waals surface area (Å²) in [7, 11) is -1.94. The first-order chi connectivity index (χ1) is 13.4. The lowest BCUT2D eigenvalue weighted by Gasteiger charge is -2.21. The van der Waals surface area contributed by atoms with Crippen molar-refractivity contribution in [3.05, 3.63) is 89.7 Å². The minimum absolute atomic E-state index is 0.0706. The molecule has 0 atom stereocenters. The van der Waals surface area contributed by atoms with E-state index in [0.717, 1.165) is 16.1 Å². The third-order valence-corrected chi connectivity index (χ3v) is 7.04. The molecule has 0 aliphatic carbocycles. The molecule has 0 saturated heterocycles. The fraction of sp³-hybridized carbons (Fsp3) is 0.217. The van der Waals surface area contributed by atoms with Crippen LogP contribution in [0.3, 0.4) is 0 Å². The van der Waals surface area contributed by atoms with Crippen LogP contribution in [0.4, 0.5) is 0 Å². The first kappa shape index (κ1) is 20.0. The van der Waals surface area contributed by atoms with Gasteiger partial charge in [-0.05, 0) is 16.4 Å². The van der Waals surface area contributed by atoms with Crippen LogP contribution in [0.1, 0.15) is 42.5 Å². The Morgan fingerprint density at radius 1 is 0.929 bits per heavy atom. The number of hydrogen-bond acceptors (Lipinski definition) is 3. The quantitative estimate of drug-likeness (QED) is 0.656. The van der Waals surface area contributed by atoms with E-state index in [1.165, 1.54) is 0 Å². The summed E-state index contributed by atoms with van der Waals surface area (Å²) in [6.07, 6.45) is 0. The van der Waals surface area contributed by atoms with Crippen LogP contribution in [-0.4, -0.2) is 25.1 Å². The zero-order valence-electron chi connectivity index (χ0n) is 16.4. The largest absolute Gasteiger partial charge is 0.477 e. The van der Waals surface area contributed by atoms with Gasteiger partial charge in [0, 0.05) is 16.7 Å². The topological polar surface area (TPSA) is 59.4 Å². The van der Waals surface area contributed by atoms with Gasteiger partial charge in [0.25, 0.3) is 0 Å². The van der Waals surface area contributed by atoms with Crippen LogP contribution in [0.25, 0.3) is 0 Å². The van der Waals surface area contributed by atoms with Gasteiger partial charge in [0.2, 0.25) is 9.04 Å². The summed E-state index contributed by atoms with van der Waals surface area (Å²) in [4.78, 5) is 16.2. The summed E-state index contributed by atoms with van der Waals surface area (Å²) in [6.45, 7) is 6.28. The van der Waals surface area contributed by atoms with Gasteiger partial charge in [0.05, 0.1) is 6.61 Å². The molecule has 0 radical (unpaired) electrons. The van der Waals surface area contributed by atoms with Crippen molar-refractivity contribution in [2.75, 3.05) is 0 Å². The van der Waals surface area contributed by atoms with Crippen LogP contribution in [0, 0.1) is 0 Å². The summed E-state index contributed by atoms with van der Waals surface area (Å²) >= 11 is 0. The van der Waals surface area contributed by atoms with Crippen molar-refractivity contribution in [3.8, 4) is 0 Å². The highest BCUT2D eigenvalue weighted by molar-refractivity contribution is 6.80. The maximum Gasteiger partial charge on any atom is 0.354 e. The fourth-order valence-corrected chi connectivity index (χ4v) is 5.28. The number of aromatic nitrogens is 1. The van der Waals surface area contributed by atoms with Crippen LogP contribution < -0.4 is 10.4 Å². The molecule has 1 N–H and O–H groups in total. The Kier molecular flexibility index (Phi) is 6.07. The van der Waals surface area contributed by atoms with Crippen LogP contribution in [0.15, 0.2) is 72.8 Å². The summed E-state index contributed by atoms with van der Waals surface area (Å²) in [5.41, 5.74) is 1.22. The number of carboxylic acids is 1. The smallest absolute Gasteiger partial charge is 0.354 e. The highest BCUT2D eigenvalue weighted by Crippen LogP contribution is 2.22. The lowest BCUT2D eigenvalue weighted by molar-refractivity contribution is 0.0686. The average molecular weight is 392 g/mol. The zero-order valence-corrected chi connectivity index (χ0v) is 17.6. The maximum atomic E-state index is 11.8. The molecule has 0 amide bonds. The van der Waals surface area contributed by atoms with E-state index in [9.17, 15) is 9.90 Å². The number of carbonyl (C=O) groups is 1. The van der Waals surface area contributed by atoms with E-state index in [-0.39, 0.29) is 17.7 Å². The summed E-state index contributed by atoms with van der Waals surface area (Å²) < 4.78 is 6.35. The molecule has 0 aliphatic rings. The molecule has 3 aromatic rings. The SMILES string of the molecule is CC(C)(C)c1ccc(CO[SiH](c2ccccc2)c2ccccc2)c(C(=O)O)n1. The van der Waals surface area contributed by atoms with Crippen molar-refractivity contribution in [1.82, 2.24) is 4.98 Å². The van der Waals surface area contributed by atoms with Crippen molar-refractivity contribution in [2.24, 2.45) is 0 Å². The molecule has 0 unspecified atom stereocenters. The molecule has 1 heterocycles. The monoisotopic (exact) mass is 391 g/mol. The normalized spacial score (nSPS) is 11.6. The number of hydrogen-bond donors (Lipinski definition) is 1. The lowest BCUT2D eigenvalue weighted by Crippen LogP contribution is -2.44. The molecule has 2 aromatic carbocycles. The van der Waals surface area contributed by atoms with Crippen LogP contribution in [0.2, 0.25) is 0 Å². The third kappa shape index (κ3) is 4.74. The van der Waals surface area contributed by atoms with Gasteiger partial charge < -0.3 is 9.53 Å². The third-order valence-electron chi connectivity index (χ3n) is 4.56. The van der Waals surface area contributed by atoms with Gasteiger partial charge in [-0.1, -0.05) is 87.5 Å². The van der Waals surface area contributed by atoms with Crippen molar-refractivity contribution in [1.29, 1.82) is 0 Å². The number of pyridine rings is 1. The molecule has 0 bridgehead atoms. The van der Waals surface area contributed by atoms with Gasteiger partial charge in [-0.2, -0.15) is 0 Å². The van der Waals surface area contributed by atoms with E-state index in [1.54, 1.807) is 0 Å². The lowest BCUT2D eigenvalue weighted by atomic mass is 9.91. The van der Waals surface area contributed by atoms with Crippen molar-refractivity contribution in [3.63, 3.8) is 0 Å². The summed E-state index contributed by atoms with van der Waals surface area (Å²) in [5, 5.41) is 12.0. The second kappa shape index (κ2) is 8.50.